The van der Waals surface area contributed by atoms with Gasteiger partial charge in [0.1, 0.15) is 6.61 Å². The van der Waals surface area contributed by atoms with Crippen LogP contribution in [0.5, 0.6) is 11.5 Å². The topological polar surface area (TPSA) is 67.5 Å². The number of hydrogen-bond acceptors (Lipinski definition) is 4. The number of alkyl halides is 3. The number of halogens is 3. The van der Waals surface area contributed by atoms with Gasteiger partial charge >= 0.3 is 6.18 Å². The predicted octanol–water partition coefficient (Wildman–Crippen LogP) is 4.51. The lowest BCUT2D eigenvalue weighted by molar-refractivity contribution is -0.138. The van der Waals surface area contributed by atoms with Gasteiger partial charge in [-0.2, -0.15) is 18.3 Å². The molecular formula is C22H20F3N3O3. The summed E-state index contributed by atoms with van der Waals surface area (Å²) in [6, 6.07) is 10.5. The van der Waals surface area contributed by atoms with Crippen molar-refractivity contribution in [3.8, 4) is 11.5 Å². The molecule has 9 heteroatoms. The van der Waals surface area contributed by atoms with Crippen LogP contribution >= 0.6 is 0 Å². The number of anilines is 1. The highest BCUT2D eigenvalue weighted by Crippen LogP contribution is 2.41. The minimum atomic E-state index is -4.46. The van der Waals surface area contributed by atoms with Crippen LogP contribution < -0.4 is 14.4 Å². The summed E-state index contributed by atoms with van der Waals surface area (Å²) in [7, 11) is 3.13. The Bertz CT molecular complexity index is 1110. The highest BCUT2D eigenvalue weighted by Gasteiger charge is 2.34. The number of rotatable bonds is 5. The molecule has 2 aromatic carbocycles. The SMILES string of the molecule is COc1cc(C2CC(=O)N(C)c3n[nH]cc32)ccc1OCc1ccccc1C(F)(F)F. The Kier molecular flexibility index (Phi) is 5.34. The molecule has 162 valence electrons. The lowest BCUT2D eigenvalue weighted by Gasteiger charge is -2.28. The van der Waals surface area contributed by atoms with Gasteiger partial charge < -0.3 is 9.47 Å². The molecule has 0 aliphatic carbocycles. The molecule has 6 nitrogen and oxygen atoms in total. The van der Waals surface area contributed by atoms with Crippen LogP contribution in [0.25, 0.3) is 0 Å². The molecule has 0 bridgehead atoms. The van der Waals surface area contributed by atoms with E-state index in [1.165, 1.54) is 30.2 Å². The van der Waals surface area contributed by atoms with E-state index >= 15 is 0 Å². The molecule has 1 atom stereocenters. The summed E-state index contributed by atoms with van der Waals surface area (Å²) in [6.07, 6.45) is -2.43. The van der Waals surface area contributed by atoms with Crippen molar-refractivity contribution in [2.24, 2.45) is 0 Å². The quantitative estimate of drug-likeness (QED) is 0.645. The van der Waals surface area contributed by atoms with Gasteiger partial charge in [0.15, 0.2) is 17.3 Å². The fourth-order valence-corrected chi connectivity index (χ4v) is 3.75. The van der Waals surface area contributed by atoms with Gasteiger partial charge in [-0.3, -0.25) is 14.8 Å². The van der Waals surface area contributed by atoms with Gasteiger partial charge in [0, 0.05) is 36.7 Å². The summed E-state index contributed by atoms with van der Waals surface area (Å²) in [6.45, 7) is -0.260. The van der Waals surface area contributed by atoms with Crippen molar-refractivity contribution in [1.82, 2.24) is 10.2 Å². The first-order chi connectivity index (χ1) is 14.8. The molecule has 1 aliphatic rings. The van der Waals surface area contributed by atoms with Crippen LogP contribution in [0.4, 0.5) is 19.0 Å². The van der Waals surface area contributed by atoms with Crippen molar-refractivity contribution < 1.29 is 27.4 Å². The van der Waals surface area contributed by atoms with Crippen molar-refractivity contribution in [3.63, 3.8) is 0 Å². The van der Waals surface area contributed by atoms with Crippen LogP contribution in [0.15, 0.2) is 48.7 Å². The first-order valence-corrected chi connectivity index (χ1v) is 9.55. The Morgan fingerprint density at radius 1 is 1.19 bits per heavy atom. The summed E-state index contributed by atoms with van der Waals surface area (Å²) in [5, 5.41) is 6.94. The van der Waals surface area contributed by atoms with Gasteiger partial charge in [0.05, 0.1) is 12.7 Å². The molecule has 0 spiro atoms. The number of H-pyrrole nitrogens is 1. The van der Waals surface area contributed by atoms with Crippen LogP contribution in [0, 0.1) is 0 Å². The molecule has 31 heavy (non-hydrogen) atoms. The van der Waals surface area contributed by atoms with Gasteiger partial charge in [-0.1, -0.05) is 24.3 Å². The van der Waals surface area contributed by atoms with Crippen LogP contribution in [-0.4, -0.2) is 30.3 Å². The highest BCUT2D eigenvalue weighted by molar-refractivity contribution is 5.96. The average Bonchev–Trinajstić information content (AvgIpc) is 3.24. The number of nitrogens with one attached hydrogen (secondary N) is 1. The van der Waals surface area contributed by atoms with Gasteiger partial charge in [-0.05, 0) is 23.8 Å². The van der Waals surface area contributed by atoms with E-state index < -0.39 is 11.7 Å². The number of amides is 1. The fraction of sp³-hybridized carbons (Fsp3) is 0.273. The first-order valence-electron chi connectivity index (χ1n) is 9.55. The molecule has 0 fully saturated rings. The second-order valence-corrected chi connectivity index (χ2v) is 7.23. The summed E-state index contributed by atoms with van der Waals surface area (Å²) in [5.41, 5.74) is 1.01. The maximum Gasteiger partial charge on any atom is 0.416 e. The molecular weight excluding hydrogens is 411 g/mol. The van der Waals surface area contributed by atoms with E-state index in [-0.39, 0.29) is 30.4 Å². The number of hydrogen-bond donors (Lipinski definition) is 1. The minimum Gasteiger partial charge on any atom is -0.493 e. The summed E-state index contributed by atoms with van der Waals surface area (Å²) in [4.78, 5) is 13.9. The smallest absolute Gasteiger partial charge is 0.416 e. The van der Waals surface area contributed by atoms with Crippen LogP contribution in [0.2, 0.25) is 0 Å². The van der Waals surface area contributed by atoms with E-state index in [1.54, 1.807) is 31.4 Å². The number of carbonyl (C=O) groups is 1. The Morgan fingerprint density at radius 3 is 2.71 bits per heavy atom. The number of benzene rings is 2. The van der Waals surface area contributed by atoms with Crippen molar-refractivity contribution in [1.29, 1.82) is 0 Å². The van der Waals surface area contributed by atoms with Crippen LogP contribution in [0.1, 0.15) is 34.6 Å². The van der Waals surface area contributed by atoms with Gasteiger partial charge in [0.2, 0.25) is 5.91 Å². The number of aromatic amines is 1. The molecule has 0 saturated heterocycles. The second kappa shape index (κ2) is 7.98. The van der Waals surface area contributed by atoms with Gasteiger partial charge in [-0.15, -0.1) is 0 Å². The number of methoxy groups -OCH3 is 1. The predicted molar refractivity (Wildman–Crippen MR) is 107 cm³/mol. The largest absolute Gasteiger partial charge is 0.493 e. The van der Waals surface area contributed by atoms with Crippen molar-refractivity contribution in [3.05, 3.63) is 70.9 Å². The number of nitrogens with zero attached hydrogens (tertiary/aromatic N) is 2. The summed E-state index contributed by atoms with van der Waals surface area (Å²) in [5.74, 6) is 0.983. The van der Waals surface area contributed by atoms with Crippen LogP contribution in [-0.2, 0) is 17.6 Å². The average molecular weight is 431 g/mol. The third-order valence-electron chi connectivity index (χ3n) is 5.39. The molecule has 0 radical (unpaired) electrons. The third-order valence-corrected chi connectivity index (χ3v) is 5.39. The zero-order valence-electron chi connectivity index (χ0n) is 16.9. The van der Waals surface area contributed by atoms with Crippen LogP contribution in [0.3, 0.4) is 0 Å². The molecule has 1 unspecified atom stereocenters. The molecule has 4 rings (SSSR count). The van der Waals surface area contributed by atoms with E-state index in [9.17, 15) is 18.0 Å². The van der Waals surface area contributed by atoms with E-state index in [0.29, 0.717) is 17.3 Å². The molecule has 3 aromatic rings. The van der Waals surface area contributed by atoms with Crippen molar-refractivity contribution in [2.45, 2.75) is 25.1 Å². The highest BCUT2D eigenvalue weighted by atomic mass is 19.4. The Hall–Kier alpha value is -3.49. The number of aromatic nitrogens is 2. The maximum absolute atomic E-state index is 13.2. The fourth-order valence-electron chi connectivity index (χ4n) is 3.75. The molecule has 1 amide bonds. The lowest BCUT2D eigenvalue weighted by Crippen LogP contribution is -2.33. The third kappa shape index (κ3) is 3.95. The Balaban J connectivity index is 1.60. The zero-order chi connectivity index (χ0) is 22.2. The Labute approximate surface area is 176 Å². The molecule has 0 saturated carbocycles. The van der Waals surface area contributed by atoms with E-state index in [1.807, 2.05) is 0 Å². The molecule has 1 N–H and O–H groups in total. The van der Waals surface area contributed by atoms with E-state index in [2.05, 4.69) is 10.2 Å². The van der Waals surface area contributed by atoms with E-state index in [4.69, 9.17) is 9.47 Å². The maximum atomic E-state index is 13.2. The van der Waals surface area contributed by atoms with Crippen molar-refractivity contribution >= 4 is 11.7 Å². The zero-order valence-corrected chi connectivity index (χ0v) is 16.9. The molecule has 1 aliphatic heterocycles. The standard InChI is InChI=1S/C22H20F3N3O3/c1-28-20(29)10-15(16-11-26-27-21(16)28)13-7-8-18(19(9-13)30-2)31-12-14-5-3-4-6-17(14)22(23,24)25/h3-9,11,15H,10,12H2,1-2H3,(H,26,27). The minimum absolute atomic E-state index is 0.0325. The first kappa shape index (κ1) is 20.8. The van der Waals surface area contributed by atoms with Crippen molar-refractivity contribution in [2.75, 3.05) is 19.1 Å². The monoisotopic (exact) mass is 431 g/mol. The van der Waals surface area contributed by atoms with E-state index in [0.717, 1.165) is 17.2 Å². The summed E-state index contributed by atoms with van der Waals surface area (Å²) < 4.78 is 50.7. The Morgan fingerprint density at radius 2 is 1.97 bits per heavy atom. The molecule has 1 aromatic heterocycles. The second-order valence-electron chi connectivity index (χ2n) is 7.23. The number of carbonyl (C=O) groups excluding carboxylic acids is 1. The van der Waals surface area contributed by atoms with Gasteiger partial charge in [0.25, 0.3) is 0 Å². The van der Waals surface area contributed by atoms with Gasteiger partial charge in [-0.25, -0.2) is 0 Å². The number of fused-ring (bicyclic) bond motifs is 1. The number of ether oxygens (including phenoxy) is 2. The normalized spacial score (nSPS) is 16.2. The summed E-state index contributed by atoms with van der Waals surface area (Å²) >= 11 is 0. The lowest BCUT2D eigenvalue weighted by atomic mass is 9.86. The molecule has 2 heterocycles.